The van der Waals surface area contributed by atoms with Crippen molar-refractivity contribution in [2.24, 2.45) is 0 Å². The summed E-state index contributed by atoms with van der Waals surface area (Å²) in [7, 11) is 0. The van der Waals surface area contributed by atoms with Gasteiger partial charge in [-0.1, -0.05) is 18.2 Å². The summed E-state index contributed by atoms with van der Waals surface area (Å²) < 4.78 is 0. The van der Waals surface area contributed by atoms with E-state index in [9.17, 15) is 4.79 Å². The van der Waals surface area contributed by atoms with Crippen molar-refractivity contribution < 1.29 is 4.79 Å². The number of rotatable bonds is 1. The van der Waals surface area contributed by atoms with E-state index in [-0.39, 0.29) is 5.78 Å². The number of ketones is 1. The molecule has 3 heteroatoms. The average molecular weight is 186 g/mol. The Balaban J connectivity index is 2.90. The number of nitrogens with two attached hydrogens (primary N) is 1. The normalized spacial score (nSPS) is 10.4. The number of para-hydroxylation sites is 1. The first-order chi connectivity index (χ1) is 6.70. The topological polar surface area (TPSA) is 56.0 Å². The van der Waals surface area contributed by atoms with E-state index in [4.69, 9.17) is 5.73 Å². The van der Waals surface area contributed by atoms with Crippen molar-refractivity contribution in [2.75, 3.05) is 5.73 Å². The maximum atomic E-state index is 11.4. The minimum atomic E-state index is -0.0268. The Morgan fingerprint density at radius 2 is 2.07 bits per heavy atom. The molecule has 0 aliphatic heterocycles. The molecule has 2 N–H and O–H groups in total. The first-order valence-corrected chi connectivity index (χ1v) is 4.34. The number of aromatic nitrogens is 1. The summed E-state index contributed by atoms with van der Waals surface area (Å²) in [6.45, 7) is 1.51. The number of fused-ring (bicyclic) bond motifs is 1. The Kier molecular flexibility index (Phi) is 1.93. The van der Waals surface area contributed by atoms with E-state index in [1.165, 1.54) is 13.1 Å². The molecule has 0 spiro atoms. The highest BCUT2D eigenvalue weighted by Crippen LogP contribution is 2.22. The summed E-state index contributed by atoms with van der Waals surface area (Å²) in [5.41, 5.74) is 7.51. The minimum Gasteiger partial charge on any atom is -0.397 e. The van der Waals surface area contributed by atoms with E-state index < -0.39 is 0 Å². The van der Waals surface area contributed by atoms with Crippen LogP contribution in [0.4, 0.5) is 5.69 Å². The lowest BCUT2D eigenvalue weighted by Gasteiger charge is -2.05. The fraction of sp³-hybridized carbons (Fsp3) is 0.0909. The van der Waals surface area contributed by atoms with Crippen molar-refractivity contribution in [3.63, 3.8) is 0 Å². The second-order valence-electron chi connectivity index (χ2n) is 3.16. The predicted molar refractivity (Wildman–Crippen MR) is 56.2 cm³/mol. The van der Waals surface area contributed by atoms with Gasteiger partial charge in [-0.05, 0) is 13.0 Å². The van der Waals surface area contributed by atoms with E-state index in [1.54, 1.807) is 0 Å². The van der Waals surface area contributed by atoms with Crippen LogP contribution in [0.5, 0.6) is 0 Å². The molecule has 0 amide bonds. The van der Waals surface area contributed by atoms with Gasteiger partial charge in [-0.3, -0.25) is 9.78 Å². The van der Waals surface area contributed by atoms with Gasteiger partial charge in [0.2, 0.25) is 0 Å². The van der Waals surface area contributed by atoms with E-state index in [2.05, 4.69) is 4.98 Å². The number of pyridine rings is 1. The summed E-state index contributed by atoms with van der Waals surface area (Å²) in [5, 5.41) is 0.819. The number of hydrogen-bond acceptors (Lipinski definition) is 3. The number of nitrogens with zero attached hydrogens (tertiary/aromatic N) is 1. The molecule has 0 atom stereocenters. The highest BCUT2D eigenvalue weighted by molar-refractivity contribution is 6.10. The van der Waals surface area contributed by atoms with Gasteiger partial charge in [0.05, 0.1) is 23.0 Å². The Labute approximate surface area is 81.6 Å². The fourth-order valence-corrected chi connectivity index (χ4v) is 1.55. The van der Waals surface area contributed by atoms with Crippen LogP contribution in [0, 0.1) is 0 Å². The summed E-state index contributed by atoms with van der Waals surface area (Å²) in [6.07, 6.45) is 1.53. The molecular weight excluding hydrogens is 176 g/mol. The Bertz CT molecular complexity index is 506. The summed E-state index contributed by atoms with van der Waals surface area (Å²) >= 11 is 0. The van der Waals surface area contributed by atoms with Gasteiger partial charge in [0.25, 0.3) is 0 Å². The molecular formula is C11H10N2O. The van der Waals surface area contributed by atoms with Crippen LogP contribution in [0.25, 0.3) is 10.9 Å². The third-order valence-corrected chi connectivity index (χ3v) is 2.16. The quantitative estimate of drug-likeness (QED) is 0.693. The number of benzene rings is 1. The number of Topliss-reactive ketones (excluding diaryl/α,β-unsaturated/α-hetero) is 1. The van der Waals surface area contributed by atoms with Crippen molar-refractivity contribution in [1.82, 2.24) is 4.98 Å². The lowest BCUT2D eigenvalue weighted by molar-refractivity contribution is 0.102. The van der Waals surface area contributed by atoms with Crippen LogP contribution < -0.4 is 5.73 Å². The molecule has 1 heterocycles. The first kappa shape index (κ1) is 8.69. The number of carbonyl (C=O) groups excluding carboxylic acids is 1. The number of anilines is 1. The van der Waals surface area contributed by atoms with E-state index in [0.717, 1.165) is 10.9 Å². The highest BCUT2D eigenvalue weighted by Gasteiger charge is 2.09. The smallest absolute Gasteiger partial charge is 0.162 e. The zero-order chi connectivity index (χ0) is 10.1. The van der Waals surface area contributed by atoms with E-state index >= 15 is 0 Å². The molecule has 0 aliphatic carbocycles. The molecule has 0 saturated carbocycles. The second-order valence-corrected chi connectivity index (χ2v) is 3.16. The van der Waals surface area contributed by atoms with Gasteiger partial charge in [-0.2, -0.15) is 0 Å². The minimum absolute atomic E-state index is 0.0268. The molecule has 3 nitrogen and oxygen atoms in total. The van der Waals surface area contributed by atoms with Crippen molar-refractivity contribution >= 4 is 22.4 Å². The van der Waals surface area contributed by atoms with Crippen molar-refractivity contribution in [2.45, 2.75) is 6.92 Å². The van der Waals surface area contributed by atoms with Gasteiger partial charge in [-0.15, -0.1) is 0 Å². The van der Waals surface area contributed by atoms with Crippen LogP contribution in [0.15, 0.2) is 30.5 Å². The van der Waals surface area contributed by atoms with Crippen LogP contribution in [-0.4, -0.2) is 10.8 Å². The number of nitrogen functional groups attached to an aromatic ring is 1. The van der Waals surface area contributed by atoms with E-state index in [0.29, 0.717) is 11.3 Å². The van der Waals surface area contributed by atoms with Crippen LogP contribution in [-0.2, 0) is 0 Å². The van der Waals surface area contributed by atoms with Gasteiger partial charge in [0, 0.05) is 5.39 Å². The van der Waals surface area contributed by atoms with Gasteiger partial charge >= 0.3 is 0 Å². The third kappa shape index (κ3) is 1.23. The lowest BCUT2D eigenvalue weighted by atomic mass is 10.0. The highest BCUT2D eigenvalue weighted by atomic mass is 16.1. The van der Waals surface area contributed by atoms with Crippen molar-refractivity contribution in [1.29, 1.82) is 0 Å². The molecule has 14 heavy (non-hydrogen) atoms. The predicted octanol–water partition coefficient (Wildman–Crippen LogP) is 2.02. The molecule has 1 aromatic carbocycles. The Morgan fingerprint density at radius 3 is 2.79 bits per heavy atom. The summed E-state index contributed by atoms with van der Waals surface area (Å²) in [4.78, 5) is 15.5. The van der Waals surface area contributed by atoms with Gasteiger partial charge in [-0.25, -0.2) is 0 Å². The molecule has 0 radical (unpaired) electrons. The van der Waals surface area contributed by atoms with Crippen LogP contribution in [0.2, 0.25) is 0 Å². The largest absolute Gasteiger partial charge is 0.397 e. The van der Waals surface area contributed by atoms with Gasteiger partial charge < -0.3 is 5.73 Å². The molecule has 0 unspecified atom stereocenters. The van der Waals surface area contributed by atoms with Gasteiger partial charge in [0.1, 0.15) is 0 Å². The number of hydrogen-bond donors (Lipinski definition) is 1. The van der Waals surface area contributed by atoms with Crippen LogP contribution >= 0.6 is 0 Å². The second kappa shape index (κ2) is 3.10. The molecule has 0 fully saturated rings. The Morgan fingerprint density at radius 1 is 1.36 bits per heavy atom. The van der Waals surface area contributed by atoms with Crippen LogP contribution in [0.1, 0.15) is 17.3 Å². The van der Waals surface area contributed by atoms with Gasteiger partial charge in [0.15, 0.2) is 5.78 Å². The van der Waals surface area contributed by atoms with Crippen LogP contribution in [0.3, 0.4) is 0 Å². The molecule has 2 aromatic rings. The molecule has 1 aromatic heterocycles. The zero-order valence-corrected chi connectivity index (χ0v) is 7.82. The zero-order valence-electron chi connectivity index (χ0n) is 7.82. The van der Waals surface area contributed by atoms with Crippen molar-refractivity contribution in [3.8, 4) is 0 Å². The maximum absolute atomic E-state index is 11.4. The van der Waals surface area contributed by atoms with E-state index in [1.807, 2.05) is 24.3 Å². The summed E-state index contributed by atoms with van der Waals surface area (Å²) in [6, 6.07) is 7.47. The molecule has 0 aliphatic rings. The number of carbonyl (C=O) groups is 1. The first-order valence-electron chi connectivity index (χ1n) is 4.34. The monoisotopic (exact) mass is 186 g/mol. The molecule has 0 saturated heterocycles. The lowest BCUT2D eigenvalue weighted by Crippen LogP contribution is -2.01. The third-order valence-electron chi connectivity index (χ3n) is 2.16. The van der Waals surface area contributed by atoms with Crippen molar-refractivity contribution in [3.05, 3.63) is 36.0 Å². The Hall–Kier alpha value is -1.90. The molecule has 2 rings (SSSR count). The SMILES string of the molecule is CC(=O)c1c(N)cnc2ccccc12. The fourth-order valence-electron chi connectivity index (χ4n) is 1.55. The average Bonchev–Trinajstić information content (AvgIpc) is 2.17. The maximum Gasteiger partial charge on any atom is 0.162 e. The molecule has 0 bridgehead atoms. The standard InChI is InChI=1S/C11H10N2O/c1-7(14)11-8-4-2-3-5-10(8)13-6-9(11)12/h2-6H,12H2,1H3. The summed E-state index contributed by atoms with van der Waals surface area (Å²) in [5.74, 6) is -0.0268. The molecule has 70 valence electrons.